The molecule has 2 heteroatoms. The second kappa shape index (κ2) is 6.06. The molecule has 2 nitrogen and oxygen atoms in total. The van der Waals surface area contributed by atoms with E-state index < -0.39 is 0 Å². The van der Waals surface area contributed by atoms with Crippen molar-refractivity contribution < 1.29 is 0 Å². The molecule has 0 bridgehead atoms. The van der Waals surface area contributed by atoms with Gasteiger partial charge in [0.15, 0.2) is 0 Å². The number of likely N-dealkylation sites (tertiary alicyclic amines) is 1. The molecule has 0 radical (unpaired) electrons. The number of nitrogens with one attached hydrogen (secondary N) is 1. The fourth-order valence-corrected chi connectivity index (χ4v) is 3.57. The molecule has 0 spiro atoms. The van der Waals surface area contributed by atoms with Gasteiger partial charge in [-0.1, -0.05) is 31.2 Å². The van der Waals surface area contributed by atoms with Crippen molar-refractivity contribution in [3.05, 3.63) is 35.4 Å². The van der Waals surface area contributed by atoms with Crippen molar-refractivity contribution in [1.82, 2.24) is 10.2 Å². The molecule has 1 aliphatic carbocycles. The Morgan fingerprint density at radius 1 is 1.32 bits per heavy atom. The van der Waals surface area contributed by atoms with Gasteiger partial charge in [-0.3, -0.25) is 0 Å². The lowest BCUT2D eigenvalue weighted by Gasteiger charge is -2.33. The molecule has 19 heavy (non-hydrogen) atoms. The summed E-state index contributed by atoms with van der Waals surface area (Å²) in [6, 6.07) is 8.96. The van der Waals surface area contributed by atoms with Gasteiger partial charge in [0.2, 0.25) is 0 Å². The maximum absolute atomic E-state index is 3.57. The summed E-state index contributed by atoms with van der Waals surface area (Å²) in [6.07, 6.45) is 3.92. The van der Waals surface area contributed by atoms with E-state index in [0.29, 0.717) is 0 Å². The third-order valence-corrected chi connectivity index (χ3v) is 4.67. The number of nitrogens with zero attached hydrogens (tertiary/aromatic N) is 1. The number of fused-ring (bicyclic) bond motifs is 1. The lowest BCUT2D eigenvalue weighted by Crippen LogP contribution is -2.33. The number of hydrogen-bond acceptors (Lipinski definition) is 2. The van der Waals surface area contributed by atoms with Crippen LogP contribution in [0.1, 0.15) is 36.8 Å². The molecule has 1 aromatic rings. The fraction of sp³-hybridized carbons (Fsp3) is 0.647. The second-order valence-corrected chi connectivity index (χ2v) is 6.22. The lowest BCUT2D eigenvalue weighted by molar-refractivity contribution is 0.289. The minimum atomic E-state index is 0.804. The third kappa shape index (κ3) is 3.01. The van der Waals surface area contributed by atoms with Gasteiger partial charge in [0.25, 0.3) is 0 Å². The van der Waals surface area contributed by atoms with Crippen LogP contribution in [0.25, 0.3) is 0 Å². The van der Waals surface area contributed by atoms with Crippen LogP contribution < -0.4 is 5.32 Å². The van der Waals surface area contributed by atoms with Crippen LogP contribution in [0.4, 0.5) is 0 Å². The molecular weight excluding hydrogens is 232 g/mol. The molecule has 0 aromatic heterocycles. The first-order valence-corrected chi connectivity index (χ1v) is 7.87. The maximum atomic E-state index is 3.57. The highest BCUT2D eigenvalue weighted by Gasteiger charge is 2.30. The van der Waals surface area contributed by atoms with E-state index in [1.165, 1.54) is 52.0 Å². The van der Waals surface area contributed by atoms with Crippen LogP contribution in [-0.4, -0.2) is 37.6 Å². The third-order valence-electron chi connectivity index (χ3n) is 4.67. The maximum Gasteiger partial charge on any atom is 0.00537 e. The highest BCUT2D eigenvalue weighted by Crippen LogP contribution is 2.36. The van der Waals surface area contributed by atoms with Crippen LogP contribution in [0, 0.1) is 5.92 Å². The molecule has 1 heterocycles. The minimum absolute atomic E-state index is 0.804. The van der Waals surface area contributed by atoms with Crippen molar-refractivity contribution >= 4 is 0 Å². The van der Waals surface area contributed by atoms with Crippen LogP contribution in [0.5, 0.6) is 0 Å². The van der Waals surface area contributed by atoms with Gasteiger partial charge >= 0.3 is 0 Å². The first kappa shape index (κ1) is 13.1. The fourth-order valence-electron chi connectivity index (χ4n) is 3.57. The van der Waals surface area contributed by atoms with E-state index in [4.69, 9.17) is 0 Å². The predicted octanol–water partition coefficient (Wildman–Crippen LogP) is 2.65. The normalized spacial score (nSPS) is 26.2. The molecule has 1 aromatic carbocycles. The number of rotatable bonds is 6. The Kier molecular flexibility index (Phi) is 4.19. The van der Waals surface area contributed by atoms with Gasteiger partial charge in [0.05, 0.1) is 0 Å². The van der Waals surface area contributed by atoms with E-state index >= 15 is 0 Å². The van der Waals surface area contributed by atoms with Crippen molar-refractivity contribution in [2.24, 2.45) is 5.92 Å². The van der Waals surface area contributed by atoms with Crippen LogP contribution in [0.2, 0.25) is 0 Å². The minimum Gasteiger partial charge on any atom is -0.316 e. The first-order chi connectivity index (χ1) is 9.36. The summed E-state index contributed by atoms with van der Waals surface area (Å²) in [6.45, 7) is 8.51. The van der Waals surface area contributed by atoms with Gasteiger partial charge in [0.1, 0.15) is 0 Å². The monoisotopic (exact) mass is 258 g/mol. The average molecular weight is 258 g/mol. The zero-order chi connectivity index (χ0) is 13.1. The average Bonchev–Trinajstić information content (AvgIpc) is 2.84. The molecule has 1 saturated heterocycles. The van der Waals surface area contributed by atoms with Crippen molar-refractivity contribution in [2.75, 3.05) is 32.7 Å². The summed E-state index contributed by atoms with van der Waals surface area (Å²) < 4.78 is 0. The van der Waals surface area contributed by atoms with Crippen molar-refractivity contribution in [3.63, 3.8) is 0 Å². The van der Waals surface area contributed by atoms with E-state index in [1.54, 1.807) is 11.1 Å². The van der Waals surface area contributed by atoms with Crippen LogP contribution >= 0.6 is 0 Å². The molecule has 0 amide bonds. The second-order valence-electron chi connectivity index (χ2n) is 6.22. The zero-order valence-electron chi connectivity index (χ0n) is 12.1. The van der Waals surface area contributed by atoms with Gasteiger partial charge in [-0.15, -0.1) is 0 Å². The molecule has 3 rings (SSSR count). The Morgan fingerprint density at radius 2 is 2.21 bits per heavy atom. The Labute approximate surface area is 117 Å². The van der Waals surface area contributed by atoms with E-state index in [9.17, 15) is 0 Å². The lowest BCUT2D eigenvalue weighted by atomic mass is 9.77. The summed E-state index contributed by atoms with van der Waals surface area (Å²) in [5.41, 5.74) is 3.18. The quantitative estimate of drug-likeness (QED) is 0.789. The number of hydrogen-bond donors (Lipinski definition) is 1. The molecule has 1 fully saturated rings. The molecular formula is C17H26N2. The highest BCUT2D eigenvalue weighted by atomic mass is 15.2. The van der Waals surface area contributed by atoms with Gasteiger partial charge in [-0.2, -0.15) is 0 Å². The molecule has 0 saturated carbocycles. The Hall–Kier alpha value is -0.860. The Morgan fingerprint density at radius 3 is 3.05 bits per heavy atom. The van der Waals surface area contributed by atoms with Gasteiger partial charge in [0, 0.05) is 19.0 Å². The highest BCUT2D eigenvalue weighted by molar-refractivity contribution is 5.40. The van der Waals surface area contributed by atoms with Crippen molar-refractivity contribution in [2.45, 2.75) is 32.1 Å². The first-order valence-electron chi connectivity index (χ1n) is 7.87. The molecule has 2 atom stereocenters. The topological polar surface area (TPSA) is 15.3 Å². The molecule has 1 aliphatic heterocycles. The van der Waals surface area contributed by atoms with Crippen LogP contribution in [-0.2, 0) is 6.42 Å². The SMILES string of the molecule is CCCNCC1CCN(CC2Cc3ccccc32)C1. The molecule has 1 N–H and O–H groups in total. The summed E-state index contributed by atoms with van der Waals surface area (Å²) in [4.78, 5) is 2.68. The van der Waals surface area contributed by atoms with E-state index in [2.05, 4.69) is 41.4 Å². The van der Waals surface area contributed by atoms with E-state index in [0.717, 1.165) is 11.8 Å². The smallest absolute Gasteiger partial charge is 0.00537 e. The Bertz CT molecular complexity index is 415. The molecule has 2 unspecified atom stereocenters. The summed E-state index contributed by atoms with van der Waals surface area (Å²) >= 11 is 0. The Balaban J connectivity index is 1.43. The van der Waals surface area contributed by atoms with Crippen LogP contribution in [0.3, 0.4) is 0 Å². The van der Waals surface area contributed by atoms with Crippen LogP contribution in [0.15, 0.2) is 24.3 Å². The van der Waals surface area contributed by atoms with Crippen molar-refractivity contribution in [3.8, 4) is 0 Å². The predicted molar refractivity (Wildman–Crippen MR) is 80.6 cm³/mol. The zero-order valence-corrected chi connectivity index (χ0v) is 12.1. The largest absolute Gasteiger partial charge is 0.316 e. The standard InChI is InChI=1S/C17H26N2/c1-2-8-18-11-14-7-9-19(12-14)13-16-10-15-5-3-4-6-17(15)16/h3-6,14,16,18H,2,7-13H2,1H3. The summed E-state index contributed by atoms with van der Waals surface area (Å²) in [7, 11) is 0. The van der Waals surface area contributed by atoms with Gasteiger partial charge in [-0.25, -0.2) is 0 Å². The number of benzene rings is 1. The molecule has 104 valence electrons. The summed E-state index contributed by atoms with van der Waals surface area (Å²) in [5.74, 6) is 1.68. The van der Waals surface area contributed by atoms with Crippen molar-refractivity contribution in [1.29, 1.82) is 0 Å². The van der Waals surface area contributed by atoms with E-state index in [-0.39, 0.29) is 0 Å². The molecule has 2 aliphatic rings. The summed E-state index contributed by atoms with van der Waals surface area (Å²) in [5, 5.41) is 3.57. The van der Waals surface area contributed by atoms with Gasteiger partial charge < -0.3 is 10.2 Å². The van der Waals surface area contributed by atoms with Gasteiger partial charge in [-0.05, 0) is 55.9 Å². The van der Waals surface area contributed by atoms with E-state index in [1.807, 2.05) is 0 Å².